The number of hydrogen-bond donors (Lipinski definition) is 1. The predicted molar refractivity (Wildman–Crippen MR) is 88.5 cm³/mol. The first-order chi connectivity index (χ1) is 10.1. The van der Waals surface area contributed by atoms with E-state index in [0.29, 0.717) is 6.04 Å². The van der Waals surface area contributed by atoms with E-state index in [9.17, 15) is 0 Å². The van der Waals surface area contributed by atoms with Crippen LogP contribution < -0.4 is 5.73 Å². The summed E-state index contributed by atoms with van der Waals surface area (Å²) in [5, 5.41) is 0. The first-order valence-electron chi connectivity index (χ1n) is 8.92. The van der Waals surface area contributed by atoms with Gasteiger partial charge in [0, 0.05) is 44.3 Å². The van der Waals surface area contributed by atoms with Crippen molar-refractivity contribution >= 4 is 0 Å². The Morgan fingerprint density at radius 2 is 1.95 bits per heavy atom. The molecule has 0 amide bonds. The maximum absolute atomic E-state index is 6.25. The van der Waals surface area contributed by atoms with Gasteiger partial charge in [-0.25, -0.2) is 0 Å². The minimum absolute atomic E-state index is 0.219. The minimum atomic E-state index is 0.219. The molecule has 0 aromatic carbocycles. The lowest BCUT2D eigenvalue weighted by atomic mass is 9.83. The lowest BCUT2D eigenvalue weighted by Gasteiger charge is -2.43. The van der Waals surface area contributed by atoms with Gasteiger partial charge in [-0.3, -0.25) is 9.80 Å². The average Bonchev–Trinajstić information content (AvgIpc) is 3.04. The number of nitrogens with zero attached hydrogens (tertiary/aromatic N) is 2. The van der Waals surface area contributed by atoms with Gasteiger partial charge in [0.15, 0.2) is 0 Å². The highest BCUT2D eigenvalue weighted by molar-refractivity contribution is 4.97. The van der Waals surface area contributed by atoms with Crippen LogP contribution in [0.2, 0.25) is 0 Å². The molecule has 3 atom stereocenters. The number of likely N-dealkylation sites (tertiary alicyclic amines) is 1. The molecule has 0 aromatic heterocycles. The van der Waals surface area contributed by atoms with Crippen LogP contribution >= 0.6 is 0 Å². The summed E-state index contributed by atoms with van der Waals surface area (Å²) in [4.78, 5) is 5.34. The summed E-state index contributed by atoms with van der Waals surface area (Å²) < 4.78 is 5.49. The molecule has 0 bridgehead atoms. The van der Waals surface area contributed by atoms with Crippen LogP contribution in [0.15, 0.2) is 0 Å². The molecule has 0 aliphatic carbocycles. The van der Waals surface area contributed by atoms with E-state index in [0.717, 1.165) is 38.8 Å². The molecule has 0 spiro atoms. The molecule has 124 valence electrons. The molecule has 2 saturated heterocycles. The summed E-state index contributed by atoms with van der Waals surface area (Å²) in [5.74, 6) is 0.760. The Bertz CT molecular complexity index is 300. The van der Waals surface area contributed by atoms with Crippen LogP contribution in [-0.2, 0) is 4.74 Å². The Kier molecular flexibility index (Phi) is 6.48. The smallest absolute Gasteiger partial charge is 0.0594 e. The second kappa shape index (κ2) is 7.91. The van der Waals surface area contributed by atoms with E-state index >= 15 is 0 Å². The van der Waals surface area contributed by atoms with Crippen molar-refractivity contribution in [1.82, 2.24) is 9.80 Å². The zero-order valence-electron chi connectivity index (χ0n) is 14.3. The molecule has 0 aromatic rings. The fraction of sp³-hybridized carbons (Fsp3) is 1.00. The van der Waals surface area contributed by atoms with E-state index in [1.54, 1.807) is 0 Å². The lowest BCUT2D eigenvalue weighted by molar-refractivity contribution is 0.0130. The van der Waals surface area contributed by atoms with Crippen LogP contribution in [-0.4, -0.2) is 67.3 Å². The van der Waals surface area contributed by atoms with Crippen LogP contribution in [0.4, 0.5) is 0 Å². The SMILES string of the molecule is CCC(C)CC(CC)(CN)N1CCC(N2CCOCC2)C1. The van der Waals surface area contributed by atoms with Crippen molar-refractivity contribution < 1.29 is 4.74 Å². The van der Waals surface area contributed by atoms with E-state index in [1.165, 1.54) is 38.8 Å². The average molecular weight is 297 g/mol. The van der Waals surface area contributed by atoms with Crippen molar-refractivity contribution in [2.24, 2.45) is 11.7 Å². The van der Waals surface area contributed by atoms with Gasteiger partial charge in [0.05, 0.1) is 13.2 Å². The molecule has 2 fully saturated rings. The molecule has 0 radical (unpaired) electrons. The number of morpholine rings is 1. The van der Waals surface area contributed by atoms with Crippen LogP contribution in [0.1, 0.15) is 46.5 Å². The maximum Gasteiger partial charge on any atom is 0.0594 e. The van der Waals surface area contributed by atoms with Gasteiger partial charge in [0.25, 0.3) is 0 Å². The van der Waals surface area contributed by atoms with Crippen LogP contribution in [0.5, 0.6) is 0 Å². The molecule has 21 heavy (non-hydrogen) atoms. The molecule has 4 nitrogen and oxygen atoms in total. The van der Waals surface area contributed by atoms with E-state index in [2.05, 4.69) is 30.6 Å². The Hall–Kier alpha value is -0.160. The van der Waals surface area contributed by atoms with Crippen molar-refractivity contribution in [3.05, 3.63) is 0 Å². The van der Waals surface area contributed by atoms with Crippen LogP contribution in [0.3, 0.4) is 0 Å². The topological polar surface area (TPSA) is 41.7 Å². The molecule has 2 N–H and O–H groups in total. The molecule has 0 saturated carbocycles. The van der Waals surface area contributed by atoms with Gasteiger partial charge in [-0.05, 0) is 25.2 Å². The standard InChI is InChI=1S/C17H35N3O/c1-4-15(3)12-17(5-2,14-18)20-7-6-16(13-20)19-8-10-21-11-9-19/h15-16H,4-14,18H2,1-3H3. The van der Waals surface area contributed by atoms with E-state index in [-0.39, 0.29) is 5.54 Å². The van der Waals surface area contributed by atoms with Gasteiger partial charge in [-0.15, -0.1) is 0 Å². The van der Waals surface area contributed by atoms with Gasteiger partial charge < -0.3 is 10.5 Å². The van der Waals surface area contributed by atoms with Gasteiger partial charge in [0.2, 0.25) is 0 Å². The van der Waals surface area contributed by atoms with Gasteiger partial charge >= 0.3 is 0 Å². The summed E-state index contributed by atoms with van der Waals surface area (Å²) in [6, 6.07) is 0.711. The summed E-state index contributed by atoms with van der Waals surface area (Å²) in [6.07, 6.45) is 4.96. The van der Waals surface area contributed by atoms with E-state index in [1.807, 2.05) is 0 Å². The van der Waals surface area contributed by atoms with Crippen molar-refractivity contribution in [2.45, 2.75) is 58.0 Å². The van der Waals surface area contributed by atoms with Gasteiger partial charge in [0.1, 0.15) is 0 Å². The molecule has 2 rings (SSSR count). The lowest BCUT2D eigenvalue weighted by Crippen LogP contribution is -2.54. The molecule has 4 heteroatoms. The molecule has 3 unspecified atom stereocenters. The van der Waals surface area contributed by atoms with Crippen molar-refractivity contribution in [2.75, 3.05) is 45.9 Å². The molecule has 2 aliphatic heterocycles. The zero-order chi connectivity index (χ0) is 15.3. The Labute approximate surface area is 131 Å². The summed E-state index contributed by atoms with van der Waals surface area (Å²) >= 11 is 0. The minimum Gasteiger partial charge on any atom is -0.379 e. The van der Waals surface area contributed by atoms with Crippen molar-refractivity contribution in [1.29, 1.82) is 0 Å². The van der Waals surface area contributed by atoms with Crippen molar-refractivity contribution in [3.63, 3.8) is 0 Å². The second-order valence-corrected chi connectivity index (χ2v) is 7.04. The van der Waals surface area contributed by atoms with Gasteiger partial charge in [-0.1, -0.05) is 27.2 Å². The fourth-order valence-electron chi connectivity index (χ4n) is 4.06. The van der Waals surface area contributed by atoms with E-state index < -0.39 is 0 Å². The number of rotatable bonds is 7. The zero-order valence-corrected chi connectivity index (χ0v) is 14.3. The number of hydrogen-bond acceptors (Lipinski definition) is 4. The summed E-state index contributed by atoms with van der Waals surface area (Å²) in [7, 11) is 0. The van der Waals surface area contributed by atoms with Crippen LogP contribution in [0.25, 0.3) is 0 Å². The highest BCUT2D eigenvalue weighted by Gasteiger charge is 2.40. The highest BCUT2D eigenvalue weighted by atomic mass is 16.5. The van der Waals surface area contributed by atoms with Crippen LogP contribution in [0, 0.1) is 5.92 Å². The normalized spacial score (nSPS) is 29.4. The highest BCUT2D eigenvalue weighted by Crippen LogP contribution is 2.32. The first kappa shape index (κ1) is 17.2. The fourth-order valence-corrected chi connectivity index (χ4v) is 4.06. The Morgan fingerprint density at radius 1 is 1.24 bits per heavy atom. The molecule has 2 heterocycles. The molecular formula is C17H35N3O. The first-order valence-corrected chi connectivity index (χ1v) is 8.92. The molecule has 2 aliphatic rings. The summed E-state index contributed by atoms with van der Waals surface area (Å²) in [5.41, 5.74) is 6.47. The van der Waals surface area contributed by atoms with E-state index in [4.69, 9.17) is 10.5 Å². The maximum atomic E-state index is 6.25. The van der Waals surface area contributed by atoms with Crippen molar-refractivity contribution in [3.8, 4) is 0 Å². The summed E-state index contributed by atoms with van der Waals surface area (Å²) in [6.45, 7) is 14.2. The Balaban J connectivity index is 1.98. The molecular weight excluding hydrogens is 262 g/mol. The Morgan fingerprint density at radius 3 is 2.52 bits per heavy atom. The second-order valence-electron chi connectivity index (χ2n) is 7.04. The number of nitrogens with two attached hydrogens (primary N) is 1. The largest absolute Gasteiger partial charge is 0.379 e. The quantitative estimate of drug-likeness (QED) is 0.780. The third-order valence-corrected chi connectivity index (χ3v) is 5.86. The third-order valence-electron chi connectivity index (χ3n) is 5.86. The monoisotopic (exact) mass is 297 g/mol. The number of ether oxygens (including phenoxy) is 1. The van der Waals surface area contributed by atoms with Gasteiger partial charge in [-0.2, -0.15) is 0 Å². The third kappa shape index (κ3) is 3.98. The predicted octanol–water partition coefficient (Wildman–Crippen LogP) is 1.94.